The largest absolute Gasteiger partial charge is 0.458 e. The number of carbonyl (C=O) groups excluding carboxylic acids is 1. The van der Waals surface area contributed by atoms with Gasteiger partial charge >= 0.3 is 0 Å². The van der Waals surface area contributed by atoms with Gasteiger partial charge in [0.05, 0.1) is 0 Å². The maximum absolute atomic E-state index is 11.0. The molecule has 0 radical (unpaired) electrons. The lowest BCUT2D eigenvalue weighted by Crippen LogP contribution is -1.87. The van der Waals surface area contributed by atoms with Crippen LogP contribution in [0, 0.1) is 0 Å². The summed E-state index contributed by atoms with van der Waals surface area (Å²) in [7, 11) is 0. The molecule has 0 fully saturated rings. The number of ketones is 1. The van der Waals surface area contributed by atoms with E-state index < -0.39 is 0 Å². The molecular formula is C11H10O2S. The third kappa shape index (κ3) is 1.93. The van der Waals surface area contributed by atoms with Crippen molar-refractivity contribution in [3.63, 3.8) is 0 Å². The molecule has 14 heavy (non-hydrogen) atoms. The van der Waals surface area contributed by atoms with E-state index in [4.69, 9.17) is 4.42 Å². The molecule has 0 saturated heterocycles. The van der Waals surface area contributed by atoms with Gasteiger partial charge in [0, 0.05) is 18.2 Å². The predicted octanol–water partition coefficient (Wildman–Crippen LogP) is 3.13. The Bertz CT molecular complexity index is 426. The van der Waals surface area contributed by atoms with Gasteiger partial charge in [-0.15, -0.1) is 11.3 Å². The number of hydrogen-bond acceptors (Lipinski definition) is 3. The zero-order valence-electron chi connectivity index (χ0n) is 7.82. The number of hydrogen-bond donors (Lipinski definition) is 0. The highest BCUT2D eigenvalue weighted by Gasteiger charge is 2.06. The fourth-order valence-electron chi connectivity index (χ4n) is 1.25. The summed E-state index contributed by atoms with van der Waals surface area (Å²) < 4.78 is 5.38. The van der Waals surface area contributed by atoms with Crippen molar-refractivity contribution in [2.24, 2.45) is 0 Å². The van der Waals surface area contributed by atoms with Crippen molar-refractivity contribution in [3.8, 4) is 0 Å². The first-order valence-corrected chi connectivity index (χ1v) is 5.25. The molecule has 0 amide bonds. The van der Waals surface area contributed by atoms with Gasteiger partial charge in [-0.05, 0) is 23.6 Å². The van der Waals surface area contributed by atoms with Gasteiger partial charge < -0.3 is 4.42 Å². The van der Waals surface area contributed by atoms with E-state index in [2.05, 4.69) is 6.07 Å². The molecule has 0 N–H and O–H groups in total. The maximum atomic E-state index is 11.0. The van der Waals surface area contributed by atoms with E-state index in [9.17, 15) is 4.79 Å². The van der Waals surface area contributed by atoms with Crippen LogP contribution < -0.4 is 0 Å². The average Bonchev–Trinajstić information content (AvgIpc) is 2.75. The van der Waals surface area contributed by atoms with Gasteiger partial charge in [0.15, 0.2) is 11.5 Å². The highest BCUT2D eigenvalue weighted by Crippen LogP contribution is 2.17. The Balaban J connectivity index is 2.14. The van der Waals surface area contributed by atoms with Crippen LogP contribution in [0.15, 0.2) is 34.1 Å². The van der Waals surface area contributed by atoms with E-state index in [1.807, 2.05) is 17.5 Å². The van der Waals surface area contributed by atoms with Crippen molar-refractivity contribution in [3.05, 3.63) is 46.0 Å². The van der Waals surface area contributed by atoms with Crippen LogP contribution in [0.5, 0.6) is 0 Å². The molecule has 0 aliphatic carbocycles. The summed E-state index contributed by atoms with van der Waals surface area (Å²) in [5.41, 5.74) is 0. The van der Waals surface area contributed by atoms with Crippen LogP contribution in [-0.4, -0.2) is 5.78 Å². The van der Waals surface area contributed by atoms with Gasteiger partial charge in [-0.25, -0.2) is 0 Å². The fraction of sp³-hybridized carbons (Fsp3) is 0.182. The minimum Gasteiger partial charge on any atom is -0.458 e. The first-order chi connectivity index (χ1) is 6.75. The number of carbonyl (C=O) groups is 1. The molecule has 2 aromatic rings. The van der Waals surface area contributed by atoms with Gasteiger partial charge in [0.2, 0.25) is 0 Å². The van der Waals surface area contributed by atoms with E-state index in [0.29, 0.717) is 5.76 Å². The van der Waals surface area contributed by atoms with Crippen LogP contribution in [0.3, 0.4) is 0 Å². The zero-order valence-corrected chi connectivity index (χ0v) is 8.64. The summed E-state index contributed by atoms with van der Waals surface area (Å²) in [4.78, 5) is 12.2. The topological polar surface area (TPSA) is 30.2 Å². The Hall–Kier alpha value is -1.35. The summed E-state index contributed by atoms with van der Waals surface area (Å²) in [6, 6.07) is 7.65. The van der Waals surface area contributed by atoms with E-state index >= 15 is 0 Å². The van der Waals surface area contributed by atoms with Crippen molar-refractivity contribution in [2.75, 3.05) is 0 Å². The molecule has 0 unspecified atom stereocenters. The average molecular weight is 206 g/mol. The summed E-state index contributed by atoms with van der Waals surface area (Å²) in [6.07, 6.45) is 0.769. The monoisotopic (exact) mass is 206 g/mol. The van der Waals surface area contributed by atoms with Gasteiger partial charge in [-0.2, -0.15) is 0 Å². The molecule has 2 nitrogen and oxygen atoms in total. The van der Waals surface area contributed by atoms with Crippen molar-refractivity contribution in [1.29, 1.82) is 0 Å². The summed E-state index contributed by atoms with van der Waals surface area (Å²) in [5.74, 6) is 1.26. The second-order valence-corrected chi connectivity index (χ2v) is 4.11. The number of thiophene rings is 1. The molecule has 0 saturated carbocycles. The molecule has 2 aromatic heterocycles. The highest BCUT2D eigenvalue weighted by molar-refractivity contribution is 7.09. The van der Waals surface area contributed by atoms with Crippen LogP contribution >= 0.6 is 11.3 Å². The van der Waals surface area contributed by atoms with Gasteiger partial charge in [0.1, 0.15) is 5.76 Å². The smallest absolute Gasteiger partial charge is 0.194 e. The first kappa shape index (κ1) is 9.21. The first-order valence-electron chi connectivity index (χ1n) is 4.38. The van der Waals surface area contributed by atoms with E-state index in [0.717, 1.165) is 12.2 Å². The fourth-order valence-corrected chi connectivity index (χ4v) is 1.96. The second-order valence-electron chi connectivity index (χ2n) is 3.08. The molecule has 0 aliphatic heterocycles. The van der Waals surface area contributed by atoms with Crippen molar-refractivity contribution >= 4 is 17.1 Å². The SMILES string of the molecule is CC(=O)c1ccc(Cc2cccs2)o1. The quantitative estimate of drug-likeness (QED) is 0.722. The highest BCUT2D eigenvalue weighted by atomic mass is 32.1. The summed E-state index contributed by atoms with van der Waals surface area (Å²) in [6.45, 7) is 1.51. The van der Waals surface area contributed by atoms with Gasteiger partial charge in [0.25, 0.3) is 0 Å². The second kappa shape index (κ2) is 3.80. The molecule has 0 spiro atoms. The molecule has 2 rings (SSSR count). The zero-order chi connectivity index (χ0) is 9.97. The Morgan fingerprint density at radius 2 is 2.29 bits per heavy atom. The predicted molar refractivity (Wildman–Crippen MR) is 55.8 cm³/mol. The molecule has 2 heterocycles. The lowest BCUT2D eigenvalue weighted by Gasteiger charge is -1.92. The Labute approximate surface area is 86.2 Å². The van der Waals surface area contributed by atoms with Crippen LogP contribution in [-0.2, 0) is 6.42 Å². The molecule has 72 valence electrons. The van der Waals surface area contributed by atoms with Crippen molar-refractivity contribution in [2.45, 2.75) is 13.3 Å². The normalized spacial score (nSPS) is 10.4. The molecular weight excluding hydrogens is 196 g/mol. The van der Waals surface area contributed by atoms with Crippen LogP contribution in [0.4, 0.5) is 0 Å². The maximum Gasteiger partial charge on any atom is 0.194 e. The number of furan rings is 1. The molecule has 3 heteroatoms. The van der Waals surface area contributed by atoms with Crippen molar-refractivity contribution in [1.82, 2.24) is 0 Å². The van der Waals surface area contributed by atoms with E-state index in [1.165, 1.54) is 11.8 Å². The van der Waals surface area contributed by atoms with Crippen molar-refractivity contribution < 1.29 is 9.21 Å². The molecule has 0 aliphatic rings. The molecule has 0 bridgehead atoms. The summed E-state index contributed by atoms with van der Waals surface area (Å²) in [5, 5.41) is 2.03. The Kier molecular flexibility index (Phi) is 2.50. The molecule has 0 atom stereocenters. The van der Waals surface area contributed by atoms with Crippen LogP contribution in [0.25, 0.3) is 0 Å². The van der Waals surface area contributed by atoms with E-state index in [-0.39, 0.29) is 5.78 Å². The van der Waals surface area contributed by atoms with Gasteiger partial charge in [-0.3, -0.25) is 4.79 Å². The third-order valence-electron chi connectivity index (χ3n) is 1.94. The standard InChI is InChI=1S/C11H10O2S/c1-8(12)11-5-4-9(13-11)7-10-3-2-6-14-10/h2-6H,7H2,1H3. The Morgan fingerprint density at radius 1 is 1.43 bits per heavy atom. The minimum absolute atomic E-state index is 0.0255. The lowest BCUT2D eigenvalue weighted by molar-refractivity contribution is 0.0985. The van der Waals surface area contributed by atoms with Crippen LogP contribution in [0.1, 0.15) is 28.1 Å². The number of rotatable bonds is 3. The summed E-state index contributed by atoms with van der Waals surface area (Å²) >= 11 is 1.69. The number of Topliss-reactive ketones (excluding diaryl/α,β-unsaturated/α-hetero) is 1. The third-order valence-corrected chi connectivity index (χ3v) is 2.81. The lowest BCUT2D eigenvalue weighted by atomic mass is 10.3. The van der Waals surface area contributed by atoms with Crippen LogP contribution in [0.2, 0.25) is 0 Å². The molecule has 0 aromatic carbocycles. The Morgan fingerprint density at radius 3 is 2.86 bits per heavy atom. The van der Waals surface area contributed by atoms with E-state index in [1.54, 1.807) is 17.4 Å². The van der Waals surface area contributed by atoms with Gasteiger partial charge in [-0.1, -0.05) is 6.07 Å². The minimum atomic E-state index is -0.0255.